The Bertz CT molecular complexity index is 1280. The van der Waals surface area contributed by atoms with Gasteiger partial charge in [0.1, 0.15) is 9.71 Å². The summed E-state index contributed by atoms with van der Waals surface area (Å²) < 4.78 is 10.7. The van der Waals surface area contributed by atoms with Gasteiger partial charge in [-0.1, -0.05) is 12.1 Å². The van der Waals surface area contributed by atoms with Crippen LogP contribution in [0.1, 0.15) is 20.8 Å². The first kappa shape index (κ1) is 16.8. The number of carbonyl (C=O) groups excluding carboxylic acids is 1. The van der Waals surface area contributed by atoms with E-state index in [1.807, 2.05) is 12.1 Å². The lowest BCUT2D eigenvalue weighted by Gasteiger charge is -2.05. The van der Waals surface area contributed by atoms with Crippen LogP contribution in [0.25, 0.3) is 21.1 Å². The Hall–Kier alpha value is -3.32. The van der Waals surface area contributed by atoms with E-state index in [0.29, 0.717) is 27.8 Å². The summed E-state index contributed by atoms with van der Waals surface area (Å²) >= 11 is 1.30. The molecular weight excluding hydrogens is 374 g/mol. The molecule has 5 rings (SSSR count). The van der Waals surface area contributed by atoms with Crippen molar-refractivity contribution in [3.05, 3.63) is 52.4 Å². The number of nitrogens with one attached hydrogen (secondary N) is 1. The van der Waals surface area contributed by atoms with Gasteiger partial charge in [-0.25, -0.2) is 4.98 Å². The molecule has 0 radical (unpaired) electrons. The molecular formula is C21H17N3O3S. The third-order valence-electron chi connectivity index (χ3n) is 5.05. The van der Waals surface area contributed by atoms with Gasteiger partial charge in [0.25, 0.3) is 5.91 Å². The highest BCUT2D eigenvalue weighted by Gasteiger charge is 2.20. The number of aromatic nitrogens is 1. The molecule has 0 unspecified atom stereocenters. The first-order valence-corrected chi connectivity index (χ1v) is 9.63. The van der Waals surface area contributed by atoms with Crippen molar-refractivity contribution in [1.82, 2.24) is 4.98 Å². The van der Waals surface area contributed by atoms with Crippen molar-refractivity contribution >= 4 is 49.7 Å². The summed E-state index contributed by atoms with van der Waals surface area (Å²) in [4.78, 5) is 18.8. The van der Waals surface area contributed by atoms with Crippen LogP contribution in [0.2, 0.25) is 0 Å². The van der Waals surface area contributed by atoms with E-state index in [9.17, 15) is 4.79 Å². The second-order valence-electron chi connectivity index (χ2n) is 6.79. The molecule has 0 aliphatic carbocycles. The summed E-state index contributed by atoms with van der Waals surface area (Å²) in [6.07, 6.45) is 0. The normalized spacial score (nSPS) is 12.6. The number of aryl methyl sites for hydroxylation is 2. The Balaban J connectivity index is 1.54. The highest BCUT2D eigenvalue weighted by Crippen LogP contribution is 2.37. The maximum Gasteiger partial charge on any atom is 0.267 e. The van der Waals surface area contributed by atoms with Crippen molar-refractivity contribution in [3.8, 4) is 11.5 Å². The minimum absolute atomic E-state index is 0.189. The maximum atomic E-state index is 12.8. The van der Waals surface area contributed by atoms with Gasteiger partial charge in [-0.05, 0) is 43.2 Å². The SMILES string of the molecule is Cc1ccc2cc3c(N)c(C(=O)Nc4ccc5c(c4)OCO5)sc3nc2c1C. The summed E-state index contributed by atoms with van der Waals surface area (Å²) in [7, 11) is 0. The Morgan fingerprint density at radius 2 is 1.96 bits per heavy atom. The number of fused-ring (bicyclic) bond motifs is 3. The van der Waals surface area contributed by atoms with Crippen LogP contribution in [-0.4, -0.2) is 17.7 Å². The maximum absolute atomic E-state index is 12.8. The predicted molar refractivity (Wildman–Crippen MR) is 112 cm³/mol. The summed E-state index contributed by atoms with van der Waals surface area (Å²) in [5.74, 6) is 1.01. The number of pyridine rings is 1. The zero-order valence-electron chi connectivity index (χ0n) is 15.3. The predicted octanol–water partition coefficient (Wildman–Crippen LogP) is 4.63. The number of amides is 1. The summed E-state index contributed by atoms with van der Waals surface area (Å²) in [6.45, 7) is 4.31. The van der Waals surface area contributed by atoms with Crippen LogP contribution in [0.4, 0.5) is 11.4 Å². The van der Waals surface area contributed by atoms with Crippen molar-refractivity contribution in [3.63, 3.8) is 0 Å². The highest BCUT2D eigenvalue weighted by atomic mass is 32.1. The highest BCUT2D eigenvalue weighted by molar-refractivity contribution is 7.21. The van der Waals surface area contributed by atoms with Crippen LogP contribution in [0.3, 0.4) is 0 Å². The Labute approximate surface area is 164 Å². The van der Waals surface area contributed by atoms with Crippen molar-refractivity contribution in [2.24, 2.45) is 0 Å². The van der Waals surface area contributed by atoms with Crippen LogP contribution < -0.4 is 20.5 Å². The van der Waals surface area contributed by atoms with Gasteiger partial charge in [-0.15, -0.1) is 11.3 Å². The lowest BCUT2D eigenvalue weighted by atomic mass is 10.0. The fraction of sp³-hybridized carbons (Fsp3) is 0.143. The van der Waals surface area contributed by atoms with Gasteiger partial charge in [0.05, 0.1) is 11.2 Å². The minimum atomic E-state index is -0.267. The van der Waals surface area contributed by atoms with Crippen LogP contribution in [0.15, 0.2) is 36.4 Å². The molecule has 7 heteroatoms. The Morgan fingerprint density at radius 3 is 2.82 bits per heavy atom. The number of ether oxygens (including phenoxy) is 2. The van der Waals surface area contributed by atoms with E-state index in [2.05, 4.69) is 25.2 Å². The number of anilines is 2. The molecule has 0 saturated heterocycles. The van der Waals surface area contributed by atoms with Crippen LogP contribution in [-0.2, 0) is 0 Å². The molecule has 1 aliphatic heterocycles. The van der Waals surface area contributed by atoms with Crippen molar-refractivity contribution in [2.75, 3.05) is 17.8 Å². The number of hydrogen-bond acceptors (Lipinski definition) is 6. The molecule has 6 nitrogen and oxygen atoms in total. The molecule has 2 aromatic heterocycles. The number of nitrogen functional groups attached to an aromatic ring is 1. The zero-order chi connectivity index (χ0) is 19.4. The van der Waals surface area contributed by atoms with Gasteiger partial charge >= 0.3 is 0 Å². The van der Waals surface area contributed by atoms with Gasteiger partial charge in [0, 0.05) is 22.5 Å². The van der Waals surface area contributed by atoms with Gasteiger partial charge in [-0.2, -0.15) is 0 Å². The molecule has 3 heterocycles. The van der Waals surface area contributed by atoms with Crippen LogP contribution in [0.5, 0.6) is 11.5 Å². The molecule has 0 spiro atoms. The second kappa shape index (κ2) is 6.10. The number of benzene rings is 2. The summed E-state index contributed by atoms with van der Waals surface area (Å²) in [5, 5.41) is 4.70. The number of nitrogens with two attached hydrogens (primary N) is 1. The van der Waals surface area contributed by atoms with Crippen molar-refractivity contribution in [1.29, 1.82) is 0 Å². The molecule has 0 saturated carbocycles. The van der Waals surface area contributed by atoms with Gasteiger partial charge in [0.15, 0.2) is 11.5 Å². The third kappa shape index (κ3) is 2.55. The average Bonchev–Trinajstić information content (AvgIpc) is 3.28. The largest absolute Gasteiger partial charge is 0.454 e. The fourth-order valence-electron chi connectivity index (χ4n) is 3.34. The summed E-state index contributed by atoms with van der Waals surface area (Å²) in [6, 6.07) is 11.4. The molecule has 28 heavy (non-hydrogen) atoms. The number of rotatable bonds is 2. The molecule has 0 bridgehead atoms. The lowest BCUT2D eigenvalue weighted by molar-refractivity contribution is 0.103. The first-order valence-electron chi connectivity index (χ1n) is 8.81. The van der Waals surface area contributed by atoms with E-state index in [0.717, 1.165) is 26.7 Å². The molecule has 3 N–H and O–H groups in total. The Kier molecular flexibility index (Phi) is 3.67. The standard InChI is InChI=1S/C21H17N3O3S/c1-10-3-4-12-7-14-17(22)19(28-21(14)24-18(12)11(10)2)20(25)23-13-5-6-15-16(8-13)27-9-26-15/h3-8H,9,22H2,1-2H3,(H,23,25). The molecule has 0 fully saturated rings. The van der Waals surface area contributed by atoms with E-state index in [1.54, 1.807) is 18.2 Å². The minimum Gasteiger partial charge on any atom is -0.454 e. The van der Waals surface area contributed by atoms with Gasteiger partial charge in [0.2, 0.25) is 6.79 Å². The fourth-order valence-corrected chi connectivity index (χ4v) is 4.31. The lowest BCUT2D eigenvalue weighted by Crippen LogP contribution is -2.11. The number of nitrogens with zero attached hydrogens (tertiary/aromatic N) is 1. The van der Waals surface area contributed by atoms with Gasteiger partial charge < -0.3 is 20.5 Å². The number of hydrogen-bond donors (Lipinski definition) is 2. The molecule has 2 aromatic carbocycles. The van der Waals surface area contributed by atoms with E-state index in [4.69, 9.17) is 20.2 Å². The number of thiophene rings is 1. The summed E-state index contributed by atoms with van der Waals surface area (Å²) in [5.41, 5.74) is 10.6. The van der Waals surface area contributed by atoms with Crippen molar-refractivity contribution < 1.29 is 14.3 Å². The quantitative estimate of drug-likeness (QED) is 0.520. The molecule has 4 aromatic rings. The third-order valence-corrected chi connectivity index (χ3v) is 6.16. The number of carbonyl (C=O) groups is 1. The zero-order valence-corrected chi connectivity index (χ0v) is 16.1. The van der Waals surface area contributed by atoms with E-state index >= 15 is 0 Å². The molecule has 1 amide bonds. The van der Waals surface area contributed by atoms with Crippen LogP contribution >= 0.6 is 11.3 Å². The topological polar surface area (TPSA) is 86.5 Å². The van der Waals surface area contributed by atoms with E-state index in [1.165, 1.54) is 16.9 Å². The second-order valence-corrected chi connectivity index (χ2v) is 7.79. The molecule has 1 aliphatic rings. The van der Waals surface area contributed by atoms with E-state index in [-0.39, 0.29) is 12.7 Å². The van der Waals surface area contributed by atoms with Gasteiger partial charge in [-0.3, -0.25) is 4.79 Å². The Morgan fingerprint density at radius 1 is 1.14 bits per heavy atom. The van der Waals surface area contributed by atoms with Crippen LogP contribution in [0, 0.1) is 13.8 Å². The smallest absolute Gasteiger partial charge is 0.267 e. The molecule has 0 atom stereocenters. The first-order chi connectivity index (χ1) is 13.5. The van der Waals surface area contributed by atoms with E-state index < -0.39 is 0 Å². The average molecular weight is 391 g/mol. The van der Waals surface area contributed by atoms with Crippen molar-refractivity contribution in [2.45, 2.75) is 13.8 Å². The molecule has 140 valence electrons. The monoisotopic (exact) mass is 391 g/mol.